The number of methoxy groups -OCH3 is 1. The van der Waals surface area contributed by atoms with Gasteiger partial charge in [0, 0.05) is 26.3 Å². The summed E-state index contributed by atoms with van der Waals surface area (Å²) in [5, 5.41) is 13.4. The Labute approximate surface area is 143 Å². The molecule has 0 aromatic heterocycles. The Bertz CT molecular complexity index is 510. The number of aliphatic hydroxyl groups is 1. The van der Waals surface area contributed by atoms with Crippen molar-refractivity contribution in [1.82, 2.24) is 5.32 Å². The number of primary amides is 1. The number of nitrogens with two attached hydrogens (primary N) is 1. The van der Waals surface area contributed by atoms with Crippen LogP contribution in [0.25, 0.3) is 0 Å². The highest BCUT2D eigenvalue weighted by Crippen LogP contribution is 2.23. The van der Waals surface area contributed by atoms with E-state index in [0.29, 0.717) is 44.3 Å². The molecular weight excluding hydrogens is 312 g/mol. The number of hydrogen-bond donors (Lipinski definition) is 3. The third kappa shape index (κ3) is 6.84. The number of ether oxygens (including phenoxy) is 3. The molecule has 0 spiro atoms. The molecule has 136 valence electrons. The molecule has 7 heteroatoms. The van der Waals surface area contributed by atoms with Crippen molar-refractivity contribution in [3.05, 3.63) is 29.3 Å². The minimum atomic E-state index is -0.764. The Morgan fingerprint density at radius 3 is 2.75 bits per heavy atom. The van der Waals surface area contributed by atoms with Gasteiger partial charge in [-0.3, -0.25) is 4.79 Å². The molecule has 0 saturated carbocycles. The summed E-state index contributed by atoms with van der Waals surface area (Å²) in [6, 6.07) is 5.03. The molecule has 0 fully saturated rings. The van der Waals surface area contributed by atoms with Crippen molar-refractivity contribution in [2.75, 3.05) is 40.1 Å². The van der Waals surface area contributed by atoms with Crippen molar-refractivity contribution in [2.45, 2.75) is 26.0 Å². The molecule has 0 aliphatic heterocycles. The van der Waals surface area contributed by atoms with Crippen LogP contribution in [-0.2, 0) is 9.47 Å². The first-order valence-electron chi connectivity index (χ1n) is 8.04. The largest absolute Gasteiger partial charge is 0.490 e. The third-order valence-electron chi connectivity index (χ3n) is 3.42. The van der Waals surface area contributed by atoms with Gasteiger partial charge in [-0.25, -0.2) is 0 Å². The second-order valence-corrected chi connectivity index (χ2v) is 5.45. The molecule has 0 aliphatic rings. The maximum Gasteiger partial charge on any atom is 0.252 e. The molecular formula is C17H28N2O5. The van der Waals surface area contributed by atoms with Gasteiger partial charge in [0.05, 0.1) is 24.9 Å². The monoisotopic (exact) mass is 340 g/mol. The number of aliphatic hydroxyl groups excluding tert-OH is 1. The van der Waals surface area contributed by atoms with Gasteiger partial charge in [0.2, 0.25) is 0 Å². The van der Waals surface area contributed by atoms with E-state index in [1.54, 1.807) is 25.3 Å². The summed E-state index contributed by atoms with van der Waals surface area (Å²) in [5.41, 5.74) is 6.25. The summed E-state index contributed by atoms with van der Waals surface area (Å²) < 4.78 is 15.7. The van der Waals surface area contributed by atoms with Crippen LogP contribution in [0.1, 0.15) is 35.9 Å². The van der Waals surface area contributed by atoms with Crippen LogP contribution in [0.3, 0.4) is 0 Å². The Morgan fingerprint density at radius 2 is 2.12 bits per heavy atom. The van der Waals surface area contributed by atoms with Gasteiger partial charge in [-0.2, -0.15) is 0 Å². The minimum Gasteiger partial charge on any atom is -0.490 e. The molecule has 1 aromatic rings. The fourth-order valence-corrected chi connectivity index (χ4v) is 2.17. The average molecular weight is 340 g/mol. The molecule has 0 saturated heterocycles. The van der Waals surface area contributed by atoms with Crippen molar-refractivity contribution < 1.29 is 24.1 Å². The van der Waals surface area contributed by atoms with E-state index in [4.69, 9.17) is 19.9 Å². The lowest BCUT2D eigenvalue weighted by atomic mass is 10.0. The van der Waals surface area contributed by atoms with Gasteiger partial charge in [0.1, 0.15) is 12.4 Å². The number of benzene rings is 1. The Balaban J connectivity index is 2.72. The van der Waals surface area contributed by atoms with E-state index in [0.717, 1.165) is 0 Å². The van der Waals surface area contributed by atoms with Crippen LogP contribution >= 0.6 is 0 Å². The zero-order valence-electron chi connectivity index (χ0n) is 14.6. The van der Waals surface area contributed by atoms with Gasteiger partial charge >= 0.3 is 0 Å². The molecule has 2 atom stereocenters. The molecule has 7 nitrogen and oxygen atoms in total. The highest BCUT2D eigenvalue weighted by molar-refractivity contribution is 5.95. The fraction of sp³-hybridized carbons (Fsp3) is 0.588. The maximum atomic E-state index is 11.6. The van der Waals surface area contributed by atoms with E-state index in [9.17, 15) is 9.90 Å². The van der Waals surface area contributed by atoms with Gasteiger partial charge in [-0.15, -0.1) is 0 Å². The van der Waals surface area contributed by atoms with Gasteiger partial charge in [-0.05, 0) is 31.5 Å². The molecule has 0 bridgehead atoms. The van der Waals surface area contributed by atoms with Crippen LogP contribution in [0.15, 0.2) is 18.2 Å². The Kier molecular flexibility index (Phi) is 9.33. The summed E-state index contributed by atoms with van der Waals surface area (Å²) in [5.74, 6) is -0.213. The molecule has 0 radical (unpaired) electrons. The van der Waals surface area contributed by atoms with E-state index in [1.807, 2.05) is 13.8 Å². The van der Waals surface area contributed by atoms with E-state index in [-0.39, 0.29) is 11.6 Å². The molecule has 0 aliphatic carbocycles. The summed E-state index contributed by atoms with van der Waals surface area (Å²) in [6.45, 7) is 6.10. The van der Waals surface area contributed by atoms with E-state index in [1.165, 1.54) is 0 Å². The van der Waals surface area contributed by atoms with E-state index >= 15 is 0 Å². The van der Waals surface area contributed by atoms with Crippen molar-refractivity contribution in [3.8, 4) is 5.75 Å². The summed E-state index contributed by atoms with van der Waals surface area (Å²) in [7, 11) is 1.62. The lowest BCUT2D eigenvalue weighted by Crippen LogP contribution is -2.33. The second kappa shape index (κ2) is 11.0. The van der Waals surface area contributed by atoms with Gasteiger partial charge in [0.15, 0.2) is 0 Å². The van der Waals surface area contributed by atoms with Crippen LogP contribution in [0.5, 0.6) is 5.75 Å². The van der Waals surface area contributed by atoms with Crippen LogP contribution in [0, 0.1) is 0 Å². The zero-order valence-corrected chi connectivity index (χ0v) is 14.6. The number of hydrogen-bond acceptors (Lipinski definition) is 6. The molecule has 1 amide bonds. The molecule has 1 aromatic carbocycles. The molecule has 24 heavy (non-hydrogen) atoms. The smallest absolute Gasteiger partial charge is 0.252 e. The van der Waals surface area contributed by atoms with E-state index in [2.05, 4.69) is 5.32 Å². The van der Waals surface area contributed by atoms with Crippen LogP contribution in [-0.4, -0.2) is 57.1 Å². The normalized spacial score (nSPS) is 13.5. The first-order chi connectivity index (χ1) is 11.5. The van der Waals surface area contributed by atoms with Gasteiger partial charge in [-0.1, -0.05) is 6.07 Å². The lowest BCUT2D eigenvalue weighted by Gasteiger charge is -2.18. The van der Waals surface area contributed by atoms with Crippen LogP contribution in [0.2, 0.25) is 0 Å². The maximum absolute atomic E-state index is 11.6. The van der Waals surface area contributed by atoms with E-state index < -0.39 is 12.0 Å². The highest BCUT2D eigenvalue weighted by atomic mass is 16.5. The minimum absolute atomic E-state index is 0.112. The molecule has 4 N–H and O–H groups in total. The quantitative estimate of drug-likeness (QED) is 0.488. The second-order valence-electron chi connectivity index (χ2n) is 5.45. The number of carbonyl (C=O) groups is 1. The van der Waals surface area contributed by atoms with Crippen molar-refractivity contribution >= 4 is 5.91 Å². The standard InChI is InChI=1S/C17H28N2O5/c1-4-23-7-8-24-16-6-5-13(9-14(16)17(18)21)15(20)10-19-12(2)11-22-3/h5-6,9,12,15,19-20H,4,7-8,10-11H2,1-3H3,(H2,18,21). The van der Waals surface area contributed by atoms with Crippen molar-refractivity contribution in [3.63, 3.8) is 0 Å². The number of nitrogens with one attached hydrogen (secondary N) is 1. The number of amides is 1. The fourth-order valence-electron chi connectivity index (χ4n) is 2.17. The summed E-state index contributed by atoms with van der Waals surface area (Å²) in [6.07, 6.45) is -0.764. The first kappa shape index (κ1) is 20.4. The predicted molar refractivity (Wildman–Crippen MR) is 91.2 cm³/mol. The van der Waals surface area contributed by atoms with Gasteiger partial charge in [0.25, 0.3) is 5.91 Å². The topological polar surface area (TPSA) is 103 Å². The average Bonchev–Trinajstić information content (AvgIpc) is 2.56. The molecule has 0 heterocycles. The lowest BCUT2D eigenvalue weighted by molar-refractivity contribution is 0.0978. The zero-order chi connectivity index (χ0) is 17.9. The summed E-state index contributed by atoms with van der Waals surface area (Å²) >= 11 is 0. The first-order valence-corrected chi connectivity index (χ1v) is 8.04. The number of carbonyl (C=O) groups excluding carboxylic acids is 1. The van der Waals surface area contributed by atoms with Gasteiger partial charge < -0.3 is 30.4 Å². The van der Waals surface area contributed by atoms with Crippen LogP contribution in [0.4, 0.5) is 0 Å². The number of rotatable bonds is 12. The predicted octanol–water partition coefficient (Wildman–Crippen LogP) is 0.859. The van der Waals surface area contributed by atoms with Crippen molar-refractivity contribution in [1.29, 1.82) is 0 Å². The highest BCUT2D eigenvalue weighted by Gasteiger charge is 2.15. The Hall–Kier alpha value is -1.67. The third-order valence-corrected chi connectivity index (χ3v) is 3.42. The van der Waals surface area contributed by atoms with Crippen LogP contribution < -0.4 is 15.8 Å². The van der Waals surface area contributed by atoms with Crippen molar-refractivity contribution in [2.24, 2.45) is 5.73 Å². The molecule has 1 rings (SSSR count). The Morgan fingerprint density at radius 1 is 1.38 bits per heavy atom. The molecule has 2 unspecified atom stereocenters. The SMILES string of the molecule is CCOCCOc1ccc(C(O)CNC(C)COC)cc1C(N)=O. The summed E-state index contributed by atoms with van der Waals surface area (Å²) in [4.78, 5) is 11.6.